The quantitative estimate of drug-likeness (QED) is 0.408. The Morgan fingerprint density at radius 3 is 2.43 bits per heavy atom. The van der Waals surface area contributed by atoms with Crippen molar-refractivity contribution in [2.75, 3.05) is 34.0 Å². The van der Waals surface area contributed by atoms with Crippen molar-refractivity contribution in [3.63, 3.8) is 0 Å². The number of rotatable bonds is 8. The van der Waals surface area contributed by atoms with Gasteiger partial charge in [-0.1, -0.05) is 24.3 Å². The SMILES string of the molecule is CCOc1cccc(C(O)=C2C(=O)C(=O)N(CCOC)C2c2ccc(OC)cc2)c1. The Balaban J connectivity index is 2.12. The second kappa shape index (κ2) is 9.45. The van der Waals surface area contributed by atoms with E-state index in [2.05, 4.69) is 0 Å². The van der Waals surface area contributed by atoms with Crippen LogP contribution in [0.2, 0.25) is 0 Å². The highest BCUT2D eigenvalue weighted by atomic mass is 16.5. The van der Waals surface area contributed by atoms with Crippen LogP contribution in [0.1, 0.15) is 24.1 Å². The molecule has 1 N–H and O–H groups in total. The van der Waals surface area contributed by atoms with E-state index < -0.39 is 17.7 Å². The fourth-order valence-electron chi connectivity index (χ4n) is 3.49. The minimum absolute atomic E-state index is 0.0370. The number of aliphatic hydroxyl groups excluding tert-OH is 1. The molecule has 30 heavy (non-hydrogen) atoms. The Kier molecular flexibility index (Phi) is 6.74. The van der Waals surface area contributed by atoms with E-state index in [0.29, 0.717) is 29.2 Å². The van der Waals surface area contributed by atoms with Crippen molar-refractivity contribution in [2.24, 2.45) is 0 Å². The Hall–Kier alpha value is -3.32. The van der Waals surface area contributed by atoms with E-state index in [9.17, 15) is 14.7 Å². The zero-order valence-corrected chi connectivity index (χ0v) is 17.3. The van der Waals surface area contributed by atoms with E-state index in [4.69, 9.17) is 14.2 Å². The molecule has 158 valence electrons. The molecule has 1 unspecified atom stereocenters. The van der Waals surface area contributed by atoms with Gasteiger partial charge in [-0.25, -0.2) is 0 Å². The number of carbonyl (C=O) groups excluding carboxylic acids is 2. The summed E-state index contributed by atoms with van der Waals surface area (Å²) in [4.78, 5) is 27.1. The molecule has 0 bridgehead atoms. The van der Waals surface area contributed by atoms with Crippen LogP contribution in [0, 0.1) is 0 Å². The number of aliphatic hydroxyl groups is 1. The first-order valence-corrected chi connectivity index (χ1v) is 9.66. The van der Waals surface area contributed by atoms with Crippen molar-refractivity contribution in [1.29, 1.82) is 0 Å². The van der Waals surface area contributed by atoms with Crippen LogP contribution in [0.4, 0.5) is 0 Å². The van der Waals surface area contributed by atoms with E-state index in [-0.39, 0.29) is 24.5 Å². The third-order valence-corrected chi connectivity index (χ3v) is 4.93. The molecule has 1 aliphatic heterocycles. The van der Waals surface area contributed by atoms with E-state index in [0.717, 1.165) is 0 Å². The van der Waals surface area contributed by atoms with Crippen LogP contribution in [0.15, 0.2) is 54.1 Å². The van der Waals surface area contributed by atoms with Gasteiger partial charge in [-0.05, 0) is 36.8 Å². The molecule has 1 atom stereocenters. The number of likely N-dealkylation sites (tertiary alicyclic amines) is 1. The average Bonchev–Trinajstić information content (AvgIpc) is 3.02. The highest BCUT2D eigenvalue weighted by molar-refractivity contribution is 6.46. The third-order valence-electron chi connectivity index (χ3n) is 4.93. The minimum Gasteiger partial charge on any atom is -0.507 e. The van der Waals surface area contributed by atoms with E-state index in [1.807, 2.05) is 6.92 Å². The molecule has 0 saturated carbocycles. The Labute approximate surface area is 175 Å². The highest BCUT2D eigenvalue weighted by Crippen LogP contribution is 2.40. The first-order chi connectivity index (χ1) is 14.5. The van der Waals surface area contributed by atoms with Gasteiger partial charge in [-0.15, -0.1) is 0 Å². The van der Waals surface area contributed by atoms with Crippen LogP contribution in [0.3, 0.4) is 0 Å². The first-order valence-electron chi connectivity index (χ1n) is 9.66. The van der Waals surface area contributed by atoms with Gasteiger partial charge in [-0.3, -0.25) is 9.59 Å². The summed E-state index contributed by atoms with van der Waals surface area (Å²) in [6.07, 6.45) is 0. The fraction of sp³-hybridized carbons (Fsp3) is 0.304. The zero-order chi connectivity index (χ0) is 21.7. The minimum atomic E-state index is -0.734. The standard InChI is InChI=1S/C23H25NO6/c1-4-30-18-7-5-6-16(14-18)21(25)19-20(15-8-10-17(29-3)11-9-15)24(12-13-28-2)23(27)22(19)26/h5-11,14,20,25H,4,12-13H2,1-3H3. The lowest BCUT2D eigenvalue weighted by molar-refractivity contribution is -0.140. The monoisotopic (exact) mass is 411 g/mol. The smallest absolute Gasteiger partial charge is 0.295 e. The predicted octanol–water partition coefficient (Wildman–Crippen LogP) is 3.16. The number of nitrogens with zero attached hydrogens (tertiary/aromatic N) is 1. The highest BCUT2D eigenvalue weighted by Gasteiger charge is 2.45. The molecule has 2 aromatic rings. The van der Waals surface area contributed by atoms with Gasteiger partial charge in [0.1, 0.15) is 17.3 Å². The van der Waals surface area contributed by atoms with Crippen LogP contribution in [-0.2, 0) is 14.3 Å². The van der Waals surface area contributed by atoms with E-state index in [1.165, 1.54) is 12.0 Å². The summed E-state index contributed by atoms with van der Waals surface area (Å²) in [5.41, 5.74) is 1.13. The van der Waals surface area contributed by atoms with Crippen molar-refractivity contribution in [2.45, 2.75) is 13.0 Å². The molecule has 1 amide bonds. The van der Waals surface area contributed by atoms with Crippen LogP contribution in [0.25, 0.3) is 5.76 Å². The lowest BCUT2D eigenvalue weighted by Crippen LogP contribution is -2.32. The second-order valence-corrected chi connectivity index (χ2v) is 6.72. The van der Waals surface area contributed by atoms with Crippen LogP contribution >= 0.6 is 0 Å². The molecular formula is C23H25NO6. The number of hydrogen-bond donors (Lipinski definition) is 1. The van der Waals surface area contributed by atoms with Gasteiger partial charge in [0.05, 0.1) is 31.9 Å². The number of hydrogen-bond acceptors (Lipinski definition) is 6. The fourth-order valence-corrected chi connectivity index (χ4v) is 3.49. The van der Waals surface area contributed by atoms with Gasteiger partial charge < -0.3 is 24.2 Å². The van der Waals surface area contributed by atoms with Gasteiger partial charge in [0.2, 0.25) is 0 Å². The summed E-state index contributed by atoms with van der Waals surface area (Å²) in [5.74, 6) is -0.426. The number of ketones is 1. The molecule has 7 heteroatoms. The lowest BCUT2D eigenvalue weighted by Gasteiger charge is -2.25. The second-order valence-electron chi connectivity index (χ2n) is 6.72. The van der Waals surface area contributed by atoms with Gasteiger partial charge in [0.15, 0.2) is 0 Å². The van der Waals surface area contributed by atoms with Crippen molar-refractivity contribution in [3.05, 3.63) is 65.2 Å². The van der Waals surface area contributed by atoms with Gasteiger partial charge in [0, 0.05) is 19.2 Å². The molecule has 7 nitrogen and oxygen atoms in total. The normalized spacial score (nSPS) is 18.0. The van der Waals surface area contributed by atoms with Gasteiger partial charge in [0.25, 0.3) is 11.7 Å². The van der Waals surface area contributed by atoms with Crippen molar-refractivity contribution in [3.8, 4) is 11.5 Å². The predicted molar refractivity (Wildman–Crippen MR) is 111 cm³/mol. The number of ether oxygens (including phenoxy) is 3. The molecule has 0 aromatic heterocycles. The van der Waals surface area contributed by atoms with Gasteiger partial charge >= 0.3 is 0 Å². The average molecular weight is 411 g/mol. The number of Topliss-reactive ketones (excluding diaryl/α,β-unsaturated/α-hetero) is 1. The first kappa shape index (κ1) is 21.4. The van der Waals surface area contributed by atoms with Crippen molar-refractivity contribution in [1.82, 2.24) is 4.90 Å². The van der Waals surface area contributed by atoms with Crippen LogP contribution < -0.4 is 9.47 Å². The largest absolute Gasteiger partial charge is 0.507 e. The van der Waals surface area contributed by atoms with Crippen LogP contribution in [-0.4, -0.2) is 55.7 Å². The molecule has 1 aliphatic rings. The maximum absolute atomic E-state index is 12.9. The molecule has 1 fully saturated rings. The summed E-state index contributed by atoms with van der Waals surface area (Å²) in [5, 5.41) is 11.0. The Morgan fingerprint density at radius 1 is 1.07 bits per heavy atom. The summed E-state index contributed by atoms with van der Waals surface area (Å²) < 4.78 is 15.8. The van der Waals surface area contributed by atoms with Crippen molar-refractivity contribution < 1.29 is 28.9 Å². The molecule has 1 saturated heterocycles. The number of amides is 1. The van der Waals surface area contributed by atoms with Crippen molar-refractivity contribution >= 4 is 17.4 Å². The Morgan fingerprint density at radius 2 is 1.80 bits per heavy atom. The Bertz CT molecular complexity index is 950. The molecule has 1 heterocycles. The summed E-state index contributed by atoms with van der Waals surface area (Å²) in [6.45, 7) is 2.81. The topological polar surface area (TPSA) is 85.3 Å². The summed E-state index contributed by atoms with van der Waals surface area (Å²) in [6, 6.07) is 13.1. The number of benzene rings is 2. The molecule has 3 rings (SSSR count). The van der Waals surface area contributed by atoms with E-state index in [1.54, 1.807) is 55.6 Å². The molecule has 0 aliphatic carbocycles. The van der Waals surface area contributed by atoms with Gasteiger partial charge in [-0.2, -0.15) is 0 Å². The van der Waals surface area contributed by atoms with E-state index >= 15 is 0 Å². The summed E-state index contributed by atoms with van der Waals surface area (Å²) in [7, 11) is 3.09. The molecule has 0 spiro atoms. The maximum atomic E-state index is 12.9. The summed E-state index contributed by atoms with van der Waals surface area (Å²) >= 11 is 0. The molecule has 0 radical (unpaired) electrons. The lowest BCUT2D eigenvalue weighted by atomic mass is 9.95. The zero-order valence-electron chi connectivity index (χ0n) is 17.3. The number of methoxy groups -OCH3 is 2. The molecule has 2 aromatic carbocycles. The maximum Gasteiger partial charge on any atom is 0.295 e. The number of carbonyl (C=O) groups is 2. The third kappa shape index (κ3) is 4.16. The molecular weight excluding hydrogens is 386 g/mol. The van der Waals surface area contributed by atoms with Crippen LogP contribution in [0.5, 0.6) is 11.5 Å².